The van der Waals surface area contributed by atoms with E-state index >= 15 is 0 Å². The first-order valence-electron chi connectivity index (χ1n) is 8.88. The Kier molecular flexibility index (Phi) is 5.83. The maximum absolute atomic E-state index is 12.8. The van der Waals surface area contributed by atoms with Gasteiger partial charge in [0.25, 0.3) is 0 Å². The quantitative estimate of drug-likeness (QED) is 0.614. The summed E-state index contributed by atoms with van der Waals surface area (Å²) in [5.74, 6) is 0.791. The maximum atomic E-state index is 12.8. The number of halogens is 3. The lowest BCUT2D eigenvalue weighted by atomic mass is 10.1. The van der Waals surface area contributed by atoms with E-state index < -0.39 is 11.7 Å². The predicted molar refractivity (Wildman–Crippen MR) is 96.6 cm³/mol. The third kappa shape index (κ3) is 5.19. The standard InChI is InChI=1S/C19H22F3N5O/c1-13-9-14(2)27(24-13)8-7-26(3)12-18-23-17(25-28-18)11-15-5-4-6-16(10-15)19(20,21)22/h4-6,9-10H,7-8,11-12H2,1-3H3. The fourth-order valence-electron chi connectivity index (χ4n) is 2.94. The summed E-state index contributed by atoms with van der Waals surface area (Å²) in [6.07, 6.45) is -4.19. The first kappa shape index (κ1) is 20.1. The van der Waals surface area contributed by atoms with Gasteiger partial charge in [0.2, 0.25) is 5.89 Å². The molecule has 2 aromatic heterocycles. The molecule has 2 heterocycles. The molecule has 0 aliphatic rings. The van der Waals surface area contributed by atoms with E-state index in [1.54, 1.807) is 6.07 Å². The van der Waals surface area contributed by atoms with Crippen molar-refractivity contribution in [2.45, 2.75) is 39.5 Å². The molecule has 0 bridgehead atoms. The van der Waals surface area contributed by atoms with Crippen molar-refractivity contribution in [2.24, 2.45) is 0 Å². The van der Waals surface area contributed by atoms with Crippen LogP contribution in [0.5, 0.6) is 0 Å². The van der Waals surface area contributed by atoms with Crippen molar-refractivity contribution in [3.05, 3.63) is 64.6 Å². The van der Waals surface area contributed by atoms with Crippen LogP contribution in [0.25, 0.3) is 0 Å². The summed E-state index contributed by atoms with van der Waals surface area (Å²) in [6, 6.07) is 7.18. The third-order valence-corrected chi connectivity index (χ3v) is 4.33. The molecule has 0 aliphatic heterocycles. The largest absolute Gasteiger partial charge is 0.416 e. The van der Waals surface area contributed by atoms with Crippen LogP contribution >= 0.6 is 0 Å². The molecular formula is C19H22F3N5O. The van der Waals surface area contributed by atoms with Gasteiger partial charge in [0, 0.05) is 18.7 Å². The molecule has 0 fully saturated rings. The van der Waals surface area contributed by atoms with Gasteiger partial charge in [-0.1, -0.05) is 23.4 Å². The molecule has 0 atom stereocenters. The molecule has 3 aromatic rings. The summed E-state index contributed by atoms with van der Waals surface area (Å²) >= 11 is 0. The Morgan fingerprint density at radius 3 is 2.64 bits per heavy atom. The molecular weight excluding hydrogens is 371 g/mol. The van der Waals surface area contributed by atoms with E-state index in [0.717, 1.165) is 36.6 Å². The molecule has 0 saturated heterocycles. The van der Waals surface area contributed by atoms with Crippen LogP contribution in [0.4, 0.5) is 13.2 Å². The van der Waals surface area contributed by atoms with Crippen LogP contribution in [0.3, 0.4) is 0 Å². The van der Waals surface area contributed by atoms with Gasteiger partial charge in [0.05, 0.1) is 24.3 Å². The number of alkyl halides is 3. The molecule has 150 valence electrons. The average molecular weight is 393 g/mol. The van der Waals surface area contributed by atoms with E-state index in [9.17, 15) is 13.2 Å². The van der Waals surface area contributed by atoms with E-state index in [4.69, 9.17) is 4.52 Å². The van der Waals surface area contributed by atoms with E-state index in [-0.39, 0.29) is 6.42 Å². The van der Waals surface area contributed by atoms with Gasteiger partial charge in [-0.2, -0.15) is 23.3 Å². The number of aryl methyl sites for hydroxylation is 2. The minimum Gasteiger partial charge on any atom is -0.338 e. The van der Waals surface area contributed by atoms with Crippen molar-refractivity contribution < 1.29 is 17.7 Å². The summed E-state index contributed by atoms with van der Waals surface area (Å²) in [6.45, 7) is 5.90. The zero-order valence-electron chi connectivity index (χ0n) is 16.0. The Morgan fingerprint density at radius 1 is 1.18 bits per heavy atom. The van der Waals surface area contributed by atoms with Gasteiger partial charge >= 0.3 is 6.18 Å². The molecule has 0 N–H and O–H groups in total. The minimum absolute atomic E-state index is 0.183. The highest BCUT2D eigenvalue weighted by Crippen LogP contribution is 2.29. The summed E-state index contributed by atoms with van der Waals surface area (Å²) in [5, 5.41) is 8.30. The Morgan fingerprint density at radius 2 is 1.96 bits per heavy atom. The molecule has 0 aliphatic carbocycles. The fourth-order valence-corrected chi connectivity index (χ4v) is 2.94. The lowest BCUT2D eigenvalue weighted by Crippen LogP contribution is -2.24. The lowest BCUT2D eigenvalue weighted by Gasteiger charge is -2.14. The van der Waals surface area contributed by atoms with Gasteiger partial charge in [-0.25, -0.2) is 0 Å². The average Bonchev–Trinajstić information content (AvgIpc) is 3.18. The van der Waals surface area contributed by atoms with E-state index in [1.165, 1.54) is 6.07 Å². The third-order valence-electron chi connectivity index (χ3n) is 4.33. The maximum Gasteiger partial charge on any atom is 0.416 e. The second-order valence-electron chi connectivity index (χ2n) is 6.87. The number of aromatic nitrogens is 4. The highest BCUT2D eigenvalue weighted by atomic mass is 19.4. The van der Waals surface area contributed by atoms with Gasteiger partial charge in [-0.15, -0.1) is 0 Å². The predicted octanol–water partition coefficient (Wildman–Crippen LogP) is 3.62. The zero-order chi connectivity index (χ0) is 20.3. The number of hydrogen-bond acceptors (Lipinski definition) is 5. The fraction of sp³-hybridized carbons (Fsp3) is 0.421. The molecule has 3 rings (SSSR count). The number of rotatable bonds is 7. The molecule has 9 heteroatoms. The van der Waals surface area contributed by atoms with Crippen LogP contribution in [0.1, 0.15) is 34.2 Å². The Hall–Kier alpha value is -2.68. The summed E-state index contributed by atoms with van der Waals surface area (Å²) < 4.78 is 45.6. The number of likely N-dealkylation sites (N-methyl/N-ethyl adjacent to an activating group) is 1. The normalized spacial score (nSPS) is 12.1. The van der Waals surface area contributed by atoms with Crippen LogP contribution < -0.4 is 0 Å². The molecule has 6 nitrogen and oxygen atoms in total. The highest BCUT2D eigenvalue weighted by molar-refractivity contribution is 5.27. The highest BCUT2D eigenvalue weighted by Gasteiger charge is 2.30. The van der Waals surface area contributed by atoms with Crippen LogP contribution in [0.2, 0.25) is 0 Å². The summed E-state index contributed by atoms with van der Waals surface area (Å²) in [5.41, 5.74) is 1.89. The first-order valence-corrected chi connectivity index (χ1v) is 8.88. The van der Waals surface area contributed by atoms with Crippen LogP contribution in [-0.2, 0) is 25.7 Å². The number of nitrogens with zero attached hydrogens (tertiary/aromatic N) is 5. The number of hydrogen-bond donors (Lipinski definition) is 0. The van der Waals surface area contributed by atoms with Crippen molar-refractivity contribution in [3.8, 4) is 0 Å². The van der Waals surface area contributed by atoms with E-state index in [0.29, 0.717) is 23.8 Å². The van der Waals surface area contributed by atoms with Crippen molar-refractivity contribution in [1.82, 2.24) is 24.8 Å². The molecule has 0 amide bonds. The zero-order valence-corrected chi connectivity index (χ0v) is 16.0. The van der Waals surface area contributed by atoms with Gasteiger partial charge in [0.15, 0.2) is 5.82 Å². The van der Waals surface area contributed by atoms with Gasteiger partial charge in [-0.3, -0.25) is 9.58 Å². The second-order valence-corrected chi connectivity index (χ2v) is 6.87. The summed E-state index contributed by atoms with van der Waals surface area (Å²) in [7, 11) is 1.93. The topological polar surface area (TPSA) is 60.0 Å². The molecule has 28 heavy (non-hydrogen) atoms. The Balaban J connectivity index is 1.56. The van der Waals surface area contributed by atoms with Gasteiger partial charge in [0.1, 0.15) is 0 Å². The van der Waals surface area contributed by atoms with Crippen LogP contribution in [-0.4, -0.2) is 38.4 Å². The van der Waals surface area contributed by atoms with Gasteiger partial charge in [-0.05, 0) is 38.6 Å². The van der Waals surface area contributed by atoms with Crippen molar-refractivity contribution in [3.63, 3.8) is 0 Å². The smallest absolute Gasteiger partial charge is 0.338 e. The van der Waals surface area contributed by atoms with E-state index in [2.05, 4.69) is 15.2 Å². The monoisotopic (exact) mass is 393 g/mol. The van der Waals surface area contributed by atoms with Crippen LogP contribution in [0.15, 0.2) is 34.9 Å². The lowest BCUT2D eigenvalue weighted by molar-refractivity contribution is -0.137. The Bertz CT molecular complexity index is 932. The van der Waals surface area contributed by atoms with Crippen molar-refractivity contribution in [1.29, 1.82) is 0 Å². The first-order chi connectivity index (χ1) is 13.2. The molecule has 0 unspecified atom stereocenters. The molecule has 0 spiro atoms. The van der Waals surface area contributed by atoms with Crippen molar-refractivity contribution in [2.75, 3.05) is 13.6 Å². The molecule has 1 aromatic carbocycles. The van der Waals surface area contributed by atoms with Crippen LogP contribution in [0, 0.1) is 13.8 Å². The molecule has 0 saturated carbocycles. The Labute approximate surface area is 161 Å². The molecule has 0 radical (unpaired) electrons. The van der Waals surface area contributed by atoms with Gasteiger partial charge < -0.3 is 4.52 Å². The van der Waals surface area contributed by atoms with Crippen molar-refractivity contribution >= 4 is 0 Å². The summed E-state index contributed by atoms with van der Waals surface area (Å²) in [4.78, 5) is 6.32. The SMILES string of the molecule is Cc1cc(C)n(CCN(C)Cc2nc(Cc3cccc(C(F)(F)F)c3)no2)n1. The minimum atomic E-state index is -4.37. The van der Waals surface area contributed by atoms with E-state index in [1.807, 2.05) is 36.5 Å². The number of benzene rings is 1. The second kappa shape index (κ2) is 8.14.